The fraction of sp³-hybridized carbons (Fsp3) is 0.500. The summed E-state index contributed by atoms with van der Waals surface area (Å²) in [6, 6.07) is 8.48. The van der Waals surface area contributed by atoms with Crippen molar-refractivity contribution in [3.8, 4) is 5.75 Å². The molecule has 1 aromatic rings. The molecule has 0 heterocycles. The van der Waals surface area contributed by atoms with Gasteiger partial charge in [0.25, 0.3) is 0 Å². The Morgan fingerprint density at radius 3 is 2.44 bits per heavy atom. The molecule has 0 aromatic heterocycles. The quantitative estimate of drug-likeness (QED) is 0.848. The molecule has 0 aliphatic heterocycles. The Morgan fingerprint density at radius 1 is 1.28 bits per heavy atom. The molecule has 1 saturated carbocycles. The third kappa shape index (κ3) is 3.13. The van der Waals surface area contributed by atoms with E-state index in [2.05, 4.69) is 5.32 Å². The molecular weight excluding hydrogens is 244 g/mol. The Balaban J connectivity index is 1.95. The largest absolute Gasteiger partial charge is 0.497 e. The first-order valence-electron chi connectivity index (χ1n) is 6.39. The number of hydrogen-bond donors (Lipinski definition) is 1. The highest BCUT2D eigenvalue weighted by Gasteiger charge is 2.17. The van der Waals surface area contributed by atoms with Gasteiger partial charge in [0.2, 0.25) is 0 Å². The monoisotopic (exact) mass is 264 g/mol. The van der Waals surface area contributed by atoms with Crippen molar-refractivity contribution in [2.24, 2.45) is 0 Å². The van der Waals surface area contributed by atoms with Crippen molar-refractivity contribution in [2.45, 2.75) is 31.7 Å². The van der Waals surface area contributed by atoms with Gasteiger partial charge in [0.15, 0.2) is 5.11 Å². The smallest absolute Gasteiger partial charge is 0.173 e. The molecule has 0 saturated heterocycles. The zero-order valence-corrected chi connectivity index (χ0v) is 11.8. The minimum absolute atomic E-state index is 0.554. The lowest BCUT2D eigenvalue weighted by Crippen LogP contribution is -2.41. The molecule has 1 aliphatic carbocycles. The summed E-state index contributed by atoms with van der Waals surface area (Å²) in [5.41, 5.74) is 1.08. The summed E-state index contributed by atoms with van der Waals surface area (Å²) in [4.78, 5) is 2.01. The topological polar surface area (TPSA) is 24.5 Å². The summed E-state index contributed by atoms with van der Waals surface area (Å²) in [7, 11) is 3.66. The zero-order chi connectivity index (χ0) is 13.0. The van der Waals surface area contributed by atoms with Gasteiger partial charge in [-0.2, -0.15) is 0 Å². The summed E-state index contributed by atoms with van der Waals surface area (Å²) in [5, 5.41) is 4.23. The number of nitrogens with zero attached hydrogens (tertiary/aromatic N) is 1. The number of hydrogen-bond acceptors (Lipinski definition) is 2. The van der Waals surface area contributed by atoms with E-state index in [9.17, 15) is 0 Å². The zero-order valence-electron chi connectivity index (χ0n) is 11.0. The molecule has 98 valence electrons. The van der Waals surface area contributed by atoms with Gasteiger partial charge in [-0.1, -0.05) is 12.8 Å². The van der Waals surface area contributed by atoms with E-state index >= 15 is 0 Å². The lowest BCUT2D eigenvalue weighted by atomic mass is 10.2. The molecule has 0 radical (unpaired) electrons. The van der Waals surface area contributed by atoms with E-state index in [4.69, 9.17) is 17.0 Å². The van der Waals surface area contributed by atoms with Crippen LogP contribution in [0, 0.1) is 0 Å². The highest BCUT2D eigenvalue weighted by atomic mass is 32.1. The average molecular weight is 264 g/mol. The van der Waals surface area contributed by atoms with E-state index in [-0.39, 0.29) is 0 Å². The predicted octanol–water partition coefficient (Wildman–Crippen LogP) is 2.95. The molecular formula is C14H20N2OS. The molecule has 0 unspecified atom stereocenters. The maximum atomic E-state index is 5.44. The Labute approximate surface area is 114 Å². The van der Waals surface area contributed by atoms with Crippen LogP contribution in [0.1, 0.15) is 25.7 Å². The minimum Gasteiger partial charge on any atom is -0.497 e. The minimum atomic E-state index is 0.554. The second-order valence-corrected chi connectivity index (χ2v) is 5.07. The number of ether oxygens (including phenoxy) is 1. The Kier molecular flexibility index (Phi) is 4.42. The number of nitrogens with one attached hydrogen (secondary N) is 1. The van der Waals surface area contributed by atoms with E-state index in [1.165, 1.54) is 25.7 Å². The van der Waals surface area contributed by atoms with Gasteiger partial charge in [0.05, 0.1) is 7.11 Å². The van der Waals surface area contributed by atoms with Crippen molar-refractivity contribution in [3.05, 3.63) is 24.3 Å². The second-order valence-electron chi connectivity index (χ2n) is 4.69. The molecule has 0 atom stereocenters. The van der Waals surface area contributed by atoms with Gasteiger partial charge < -0.3 is 15.0 Å². The van der Waals surface area contributed by atoms with Gasteiger partial charge in [-0.15, -0.1) is 0 Å². The van der Waals surface area contributed by atoms with Gasteiger partial charge >= 0.3 is 0 Å². The second kappa shape index (κ2) is 6.05. The van der Waals surface area contributed by atoms with Crippen LogP contribution in [0.4, 0.5) is 5.69 Å². The number of benzene rings is 1. The van der Waals surface area contributed by atoms with Gasteiger partial charge in [-0.3, -0.25) is 0 Å². The molecule has 0 amide bonds. The van der Waals surface area contributed by atoms with Gasteiger partial charge in [0, 0.05) is 18.8 Å². The summed E-state index contributed by atoms with van der Waals surface area (Å²) in [6.45, 7) is 0. The van der Waals surface area contributed by atoms with Crippen LogP contribution in [-0.2, 0) is 0 Å². The lowest BCUT2D eigenvalue weighted by molar-refractivity contribution is 0.415. The molecule has 1 aliphatic rings. The molecule has 1 fully saturated rings. The SMILES string of the molecule is COc1ccc(N(C)C(=S)NC2CCCC2)cc1. The first kappa shape index (κ1) is 13.1. The Bertz CT molecular complexity index is 399. The Morgan fingerprint density at radius 2 is 1.89 bits per heavy atom. The number of anilines is 1. The molecule has 2 rings (SSSR count). The van der Waals surface area contributed by atoms with E-state index < -0.39 is 0 Å². The van der Waals surface area contributed by atoms with E-state index in [0.717, 1.165) is 16.5 Å². The fourth-order valence-electron chi connectivity index (χ4n) is 2.26. The molecule has 3 nitrogen and oxygen atoms in total. The summed E-state index contributed by atoms with van der Waals surface area (Å²) in [6.07, 6.45) is 5.09. The van der Waals surface area contributed by atoms with Crippen molar-refractivity contribution in [3.63, 3.8) is 0 Å². The maximum absolute atomic E-state index is 5.44. The molecule has 0 bridgehead atoms. The lowest BCUT2D eigenvalue weighted by Gasteiger charge is -2.24. The van der Waals surface area contributed by atoms with Gasteiger partial charge in [-0.05, 0) is 49.3 Å². The standard InChI is InChI=1S/C14H20N2OS/c1-16(12-7-9-13(17-2)10-8-12)14(18)15-11-5-3-4-6-11/h7-11H,3-6H2,1-2H3,(H,15,18). The first-order valence-corrected chi connectivity index (χ1v) is 6.80. The first-order chi connectivity index (χ1) is 8.70. The molecule has 0 spiro atoms. The predicted molar refractivity (Wildman–Crippen MR) is 79.4 cm³/mol. The normalized spacial score (nSPS) is 15.4. The van der Waals surface area contributed by atoms with Crippen molar-refractivity contribution in [1.82, 2.24) is 5.32 Å². The highest BCUT2D eigenvalue weighted by molar-refractivity contribution is 7.80. The Hall–Kier alpha value is -1.29. The van der Waals surface area contributed by atoms with E-state index in [0.29, 0.717) is 6.04 Å². The summed E-state index contributed by atoms with van der Waals surface area (Å²) >= 11 is 5.44. The summed E-state index contributed by atoms with van der Waals surface area (Å²) < 4.78 is 5.15. The average Bonchev–Trinajstić information content (AvgIpc) is 2.91. The highest BCUT2D eigenvalue weighted by Crippen LogP contribution is 2.20. The molecule has 18 heavy (non-hydrogen) atoms. The van der Waals surface area contributed by atoms with Crippen LogP contribution in [-0.4, -0.2) is 25.3 Å². The van der Waals surface area contributed by atoms with Gasteiger partial charge in [-0.25, -0.2) is 0 Å². The number of rotatable bonds is 3. The van der Waals surface area contributed by atoms with Crippen LogP contribution >= 0.6 is 12.2 Å². The van der Waals surface area contributed by atoms with Crippen LogP contribution in [0.15, 0.2) is 24.3 Å². The van der Waals surface area contributed by atoms with Gasteiger partial charge in [0.1, 0.15) is 5.75 Å². The van der Waals surface area contributed by atoms with Crippen LogP contribution in [0.5, 0.6) is 5.75 Å². The summed E-state index contributed by atoms with van der Waals surface area (Å²) in [5.74, 6) is 0.863. The van der Waals surface area contributed by atoms with Crippen LogP contribution in [0.25, 0.3) is 0 Å². The van der Waals surface area contributed by atoms with E-state index in [1.54, 1.807) is 7.11 Å². The van der Waals surface area contributed by atoms with Crippen molar-refractivity contribution in [2.75, 3.05) is 19.1 Å². The van der Waals surface area contributed by atoms with Crippen LogP contribution in [0.2, 0.25) is 0 Å². The third-order valence-corrected chi connectivity index (χ3v) is 3.84. The van der Waals surface area contributed by atoms with Crippen molar-refractivity contribution >= 4 is 23.0 Å². The van der Waals surface area contributed by atoms with Crippen LogP contribution < -0.4 is 15.0 Å². The number of thiocarbonyl (C=S) groups is 1. The van der Waals surface area contributed by atoms with Crippen molar-refractivity contribution < 1.29 is 4.74 Å². The molecule has 1 N–H and O–H groups in total. The molecule has 4 heteroatoms. The fourth-order valence-corrected chi connectivity index (χ4v) is 2.54. The van der Waals surface area contributed by atoms with Crippen LogP contribution in [0.3, 0.4) is 0 Å². The van der Waals surface area contributed by atoms with E-state index in [1.807, 2.05) is 36.2 Å². The molecule has 1 aromatic carbocycles. The number of methoxy groups -OCH3 is 1. The maximum Gasteiger partial charge on any atom is 0.173 e. The third-order valence-electron chi connectivity index (χ3n) is 3.45. The van der Waals surface area contributed by atoms with Crippen molar-refractivity contribution in [1.29, 1.82) is 0 Å².